The molecule has 0 saturated heterocycles. The Kier molecular flexibility index (Phi) is 6.36. The average Bonchev–Trinajstić information content (AvgIpc) is 2.46. The molecule has 0 aromatic heterocycles. The van der Waals surface area contributed by atoms with Crippen molar-refractivity contribution in [2.24, 2.45) is 5.41 Å². The quantitative estimate of drug-likeness (QED) is 0.766. The molecule has 0 atom stereocenters. The van der Waals surface area contributed by atoms with E-state index in [1.165, 1.54) is 7.11 Å². The standard InChI is InChI=1S/C15H21BrN2O3/c1-15(2,14(20)17-3)9-18-8-11-6-5-10(7-12(11)16)13(19)21-4/h5-7,18H,8-9H2,1-4H3,(H,17,20). The van der Waals surface area contributed by atoms with E-state index in [-0.39, 0.29) is 11.9 Å². The summed E-state index contributed by atoms with van der Waals surface area (Å²) in [5, 5.41) is 5.91. The molecule has 0 heterocycles. The second-order valence-corrected chi connectivity index (χ2v) is 6.22. The summed E-state index contributed by atoms with van der Waals surface area (Å²) in [6.07, 6.45) is 0. The van der Waals surface area contributed by atoms with Crippen molar-refractivity contribution in [1.29, 1.82) is 0 Å². The van der Waals surface area contributed by atoms with E-state index in [2.05, 4.69) is 31.3 Å². The summed E-state index contributed by atoms with van der Waals surface area (Å²) < 4.78 is 5.51. The van der Waals surface area contributed by atoms with Gasteiger partial charge in [-0.1, -0.05) is 22.0 Å². The molecule has 0 radical (unpaired) electrons. The minimum Gasteiger partial charge on any atom is -0.465 e. The van der Waals surface area contributed by atoms with Gasteiger partial charge in [0.15, 0.2) is 0 Å². The normalized spacial score (nSPS) is 11.1. The van der Waals surface area contributed by atoms with E-state index in [1.807, 2.05) is 19.9 Å². The lowest BCUT2D eigenvalue weighted by Gasteiger charge is -2.23. The van der Waals surface area contributed by atoms with Gasteiger partial charge in [-0.2, -0.15) is 0 Å². The van der Waals surface area contributed by atoms with Gasteiger partial charge in [-0.15, -0.1) is 0 Å². The van der Waals surface area contributed by atoms with E-state index in [4.69, 9.17) is 0 Å². The van der Waals surface area contributed by atoms with Crippen molar-refractivity contribution in [2.75, 3.05) is 20.7 Å². The van der Waals surface area contributed by atoms with E-state index >= 15 is 0 Å². The van der Waals surface area contributed by atoms with Crippen LogP contribution < -0.4 is 10.6 Å². The van der Waals surface area contributed by atoms with Crippen molar-refractivity contribution >= 4 is 27.8 Å². The molecule has 1 aromatic carbocycles. The fourth-order valence-corrected chi connectivity index (χ4v) is 2.38. The van der Waals surface area contributed by atoms with E-state index in [0.29, 0.717) is 18.7 Å². The van der Waals surface area contributed by atoms with Gasteiger partial charge >= 0.3 is 5.97 Å². The molecule has 0 aliphatic rings. The smallest absolute Gasteiger partial charge is 0.337 e. The molecule has 1 amide bonds. The van der Waals surface area contributed by atoms with Crippen LogP contribution in [-0.2, 0) is 16.1 Å². The predicted molar refractivity (Wildman–Crippen MR) is 85.0 cm³/mol. The molecule has 6 heteroatoms. The predicted octanol–water partition coefficient (Wildman–Crippen LogP) is 2.10. The van der Waals surface area contributed by atoms with Crippen LogP contribution in [0.4, 0.5) is 0 Å². The monoisotopic (exact) mass is 356 g/mol. The lowest BCUT2D eigenvalue weighted by molar-refractivity contribution is -0.128. The minimum absolute atomic E-state index is 0.00453. The molecule has 1 aromatic rings. The van der Waals surface area contributed by atoms with Crippen molar-refractivity contribution in [2.45, 2.75) is 20.4 Å². The van der Waals surface area contributed by atoms with Crippen LogP contribution in [-0.4, -0.2) is 32.6 Å². The van der Waals surface area contributed by atoms with Crippen LogP contribution in [0.2, 0.25) is 0 Å². The van der Waals surface area contributed by atoms with Gasteiger partial charge in [0.05, 0.1) is 18.1 Å². The average molecular weight is 357 g/mol. The number of hydrogen-bond donors (Lipinski definition) is 2. The number of ether oxygens (including phenoxy) is 1. The molecule has 5 nitrogen and oxygen atoms in total. The van der Waals surface area contributed by atoms with Gasteiger partial charge in [0.1, 0.15) is 0 Å². The Bertz CT molecular complexity index is 530. The van der Waals surface area contributed by atoms with Gasteiger partial charge in [-0.3, -0.25) is 4.79 Å². The zero-order valence-corrected chi connectivity index (χ0v) is 14.3. The fraction of sp³-hybridized carbons (Fsp3) is 0.467. The number of methoxy groups -OCH3 is 1. The SMILES string of the molecule is CNC(=O)C(C)(C)CNCc1ccc(C(=O)OC)cc1Br. The first-order valence-electron chi connectivity index (χ1n) is 6.61. The van der Waals surface area contributed by atoms with Gasteiger partial charge < -0.3 is 15.4 Å². The molecular weight excluding hydrogens is 336 g/mol. The van der Waals surface area contributed by atoms with Crippen LogP contribution in [0.25, 0.3) is 0 Å². The first-order chi connectivity index (χ1) is 9.81. The van der Waals surface area contributed by atoms with Crippen LogP contribution in [0, 0.1) is 5.41 Å². The summed E-state index contributed by atoms with van der Waals surface area (Å²) in [5.74, 6) is -0.369. The number of amides is 1. The molecule has 0 aliphatic heterocycles. The summed E-state index contributed by atoms with van der Waals surface area (Å²) in [4.78, 5) is 23.1. The van der Waals surface area contributed by atoms with Crippen molar-refractivity contribution in [3.63, 3.8) is 0 Å². The lowest BCUT2D eigenvalue weighted by atomic mass is 9.92. The second kappa shape index (κ2) is 7.56. The summed E-state index contributed by atoms with van der Waals surface area (Å²) in [5.41, 5.74) is 1.03. The number of halogens is 1. The molecule has 0 spiro atoms. The Labute approximate surface area is 133 Å². The van der Waals surface area contributed by atoms with Crippen LogP contribution in [0.3, 0.4) is 0 Å². The van der Waals surface area contributed by atoms with Gasteiger partial charge in [0.2, 0.25) is 5.91 Å². The Balaban J connectivity index is 2.65. The summed E-state index contributed by atoms with van der Waals surface area (Å²) in [7, 11) is 2.98. The van der Waals surface area contributed by atoms with Gasteiger partial charge in [-0.25, -0.2) is 4.79 Å². The first-order valence-corrected chi connectivity index (χ1v) is 7.40. The molecule has 2 N–H and O–H groups in total. The van der Waals surface area contributed by atoms with Crippen LogP contribution >= 0.6 is 15.9 Å². The zero-order chi connectivity index (χ0) is 16.0. The minimum atomic E-state index is -0.479. The molecular formula is C15H21BrN2O3. The number of esters is 1. The first kappa shape index (κ1) is 17.7. The second-order valence-electron chi connectivity index (χ2n) is 5.36. The molecule has 0 aliphatic carbocycles. The van der Waals surface area contributed by atoms with E-state index < -0.39 is 5.41 Å². The maximum Gasteiger partial charge on any atom is 0.337 e. The molecule has 0 unspecified atom stereocenters. The fourth-order valence-electron chi connectivity index (χ4n) is 1.86. The van der Waals surface area contributed by atoms with Gasteiger partial charge in [-0.05, 0) is 31.5 Å². The topological polar surface area (TPSA) is 67.4 Å². The maximum absolute atomic E-state index is 11.7. The highest BCUT2D eigenvalue weighted by molar-refractivity contribution is 9.10. The number of hydrogen-bond acceptors (Lipinski definition) is 4. The number of benzene rings is 1. The molecule has 0 saturated carbocycles. The Hall–Kier alpha value is -1.40. The summed E-state index contributed by atoms with van der Waals surface area (Å²) in [6, 6.07) is 5.31. The molecule has 1 rings (SSSR count). The van der Waals surface area contributed by atoms with Gasteiger partial charge in [0, 0.05) is 24.6 Å². The Morgan fingerprint density at radius 2 is 2.00 bits per heavy atom. The zero-order valence-electron chi connectivity index (χ0n) is 12.7. The maximum atomic E-state index is 11.7. The van der Waals surface area contributed by atoms with Crippen molar-refractivity contribution in [3.8, 4) is 0 Å². The van der Waals surface area contributed by atoms with Crippen molar-refractivity contribution in [3.05, 3.63) is 33.8 Å². The summed E-state index contributed by atoms with van der Waals surface area (Å²) in [6.45, 7) is 4.92. The Morgan fingerprint density at radius 3 is 2.52 bits per heavy atom. The number of rotatable bonds is 6. The molecule has 0 fully saturated rings. The van der Waals surface area contributed by atoms with Crippen LogP contribution in [0.1, 0.15) is 29.8 Å². The molecule has 21 heavy (non-hydrogen) atoms. The number of nitrogens with one attached hydrogen (secondary N) is 2. The highest BCUT2D eigenvalue weighted by atomic mass is 79.9. The molecule has 116 valence electrons. The lowest BCUT2D eigenvalue weighted by Crippen LogP contribution is -2.41. The van der Waals surface area contributed by atoms with E-state index in [9.17, 15) is 9.59 Å². The number of carbonyl (C=O) groups excluding carboxylic acids is 2. The van der Waals surface area contributed by atoms with Crippen molar-refractivity contribution < 1.29 is 14.3 Å². The Morgan fingerprint density at radius 1 is 1.33 bits per heavy atom. The third-order valence-electron chi connectivity index (χ3n) is 3.20. The summed E-state index contributed by atoms with van der Waals surface area (Å²) >= 11 is 3.44. The highest BCUT2D eigenvalue weighted by Gasteiger charge is 2.25. The molecule has 0 bridgehead atoms. The third-order valence-corrected chi connectivity index (χ3v) is 3.94. The van der Waals surface area contributed by atoms with Crippen LogP contribution in [0.15, 0.2) is 22.7 Å². The third kappa shape index (κ3) is 4.82. The van der Waals surface area contributed by atoms with E-state index in [1.54, 1.807) is 19.2 Å². The largest absolute Gasteiger partial charge is 0.465 e. The van der Waals surface area contributed by atoms with Crippen LogP contribution in [0.5, 0.6) is 0 Å². The van der Waals surface area contributed by atoms with Crippen molar-refractivity contribution in [1.82, 2.24) is 10.6 Å². The van der Waals surface area contributed by atoms with E-state index in [0.717, 1.165) is 10.0 Å². The van der Waals surface area contributed by atoms with Gasteiger partial charge in [0.25, 0.3) is 0 Å². The highest BCUT2D eigenvalue weighted by Crippen LogP contribution is 2.20. The number of carbonyl (C=O) groups is 2.